The largest absolute Gasteiger partial charge is 0.449 e. The van der Waals surface area contributed by atoms with E-state index >= 15 is 0 Å². The number of carbonyl (C=O) groups is 5. The van der Waals surface area contributed by atoms with Crippen molar-refractivity contribution in [3.8, 4) is 0 Å². The summed E-state index contributed by atoms with van der Waals surface area (Å²) in [6.45, 7) is 0.613. The lowest BCUT2D eigenvalue weighted by atomic mass is 9.94. The monoisotopic (exact) mass is 674 g/mol. The summed E-state index contributed by atoms with van der Waals surface area (Å²) in [6.07, 6.45) is -0.909. The lowest BCUT2D eigenvalue weighted by Crippen LogP contribution is -2.56. The maximum atomic E-state index is 14.0. The van der Waals surface area contributed by atoms with Gasteiger partial charge in [0, 0.05) is 50.4 Å². The second-order valence-electron chi connectivity index (χ2n) is 11.3. The third kappa shape index (κ3) is 7.00. The number of benzene rings is 2. The average molecular weight is 675 g/mol. The Morgan fingerprint density at radius 2 is 1.89 bits per heavy atom. The number of aryl methyl sites for hydroxylation is 1. The molecule has 0 saturated carbocycles. The van der Waals surface area contributed by atoms with E-state index in [2.05, 4.69) is 10.6 Å². The minimum Gasteiger partial charge on any atom is -0.449 e. The number of hydrogen-bond acceptors (Lipinski definition) is 9. The number of ether oxygens (including phenoxy) is 2. The van der Waals surface area contributed by atoms with Gasteiger partial charge in [0.05, 0.1) is 6.61 Å². The lowest BCUT2D eigenvalue weighted by molar-refractivity contribution is -0.143. The minimum atomic E-state index is -4.31. The van der Waals surface area contributed by atoms with Gasteiger partial charge in [-0.15, -0.1) is 0 Å². The zero-order chi connectivity index (χ0) is 33.9. The molecule has 1 spiro atoms. The van der Waals surface area contributed by atoms with Crippen molar-refractivity contribution in [3.63, 3.8) is 0 Å². The molecule has 1 aliphatic carbocycles. The summed E-state index contributed by atoms with van der Waals surface area (Å²) in [6, 6.07) is 9.12. The van der Waals surface area contributed by atoms with Gasteiger partial charge < -0.3 is 25.0 Å². The van der Waals surface area contributed by atoms with Gasteiger partial charge >= 0.3 is 28.4 Å². The van der Waals surface area contributed by atoms with Crippen molar-refractivity contribution in [1.82, 2.24) is 24.1 Å². The number of fused-ring (bicyclic) bond motifs is 2. The highest BCUT2D eigenvalue weighted by Gasteiger charge is 2.58. The van der Waals surface area contributed by atoms with Crippen LogP contribution in [0, 0.1) is 5.82 Å². The summed E-state index contributed by atoms with van der Waals surface area (Å²) in [5.74, 6) is -1.87. The van der Waals surface area contributed by atoms with Gasteiger partial charge in [-0.25, -0.2) is 28.4 Å². The Balaban J connectivity index is 1.37. The number of imide groups is 1. The van der Waals surface area contributed by atoms with E-state index in [0.717, 1.165) is 9.21 Å². The molecule has 2 aromatic rings. The summed E-state index contributed by atoms with van der Waals surface area (Å²) in [7, 11) is -2.84. The maximum Gasteiger partial charge on any atom is 0.421 e. The number of hydrogen-bond donors (Lipinski definition) is 3. The van der Waals surface area contributed by atoms with Gasteiger partial charge in [0.15, 0.2) is 0 Å². The summed E-state index contributed by atoms with van der Waals surface area (Å²) in [4.78, 5) is 66.6. The fourth-order valence-electron chi connectivity index (χ4n) is 6.08. The number of amides is 6. The zero-order valence-corrected chi connectivity index (χ0v) is 26.6. The van der Waals surface area contributed by atoms with Gasteiger partial charge in [0.1, 0.15) is 12.4 Å². The van der Waals surface area contributed by atoms with Crippen molar-refractivity contribution in [1.29, 1.82) is 0 Å². The molecule has 0 bridgehead atoms. The number of anilines is 1. The molecule has 15 nitrogen and oxygen atoms in total. The molecular formula is C30H35FN6O9S. The highest BCUT2D eigenvalue weighted by atomic mass is 32.2. The molecule has 2 aromatic carbocycles. The van der Waals surface area contributed by atoms with Gasteiger partial charge in [-0.2, -0.15) is 12.7 Å². The number of urea groups is 1. The molecule has 3 aliphatic rings. The predicted octanol–water partition coefficient (Wildman–Crippen LogP) is 2.18. The molecule has 2 saturated heterocycles. The van der Waals surface area contributed by atoms with Crippen molar-refractivity contribution in [2.45, 2.75) is 50.8 Å². The Morgan fingerprint density at radius 3 is 2.60 bits per heavy atom. The quantitative estimate of drug-likeness (QED) is 0.359. The molecule has 0 unspecified atom stereocenters. The van der Waals surface area contributed by atoms with Crippen molar-refractivity contribution < 1.29 is 46.3 Å². The van der Waals surface area contributed by atoms with Crippen molar-refractivity contribution in [3.05, 3.63) is 65.0 Å². The molecular weight excluding hydrogens is 639 g/mol. The van der Waals surface area contributed by atoms with Crippen LogP contribution in [0.3, 0.4) is 0 Å². The average Bonchev–Trinajstić information content (AvgIpc) is 3.51. The van der Waals surface area contributed by atoms with Crippen LogP contribution in [0.25, 0.3) is 0 Å². The SMILES string of the molecule is CCOC(=O)NS(=O)(=O)N1CCC[C@H](N(Cc2ccc(F)cc2)C(=O)CN2C(=O)O[C@@]3(CCc4cc(NC(=O)NC)ccc43)C2=O)C1. The van der Waals surface area contributed by atoms with Crippen LogP contribution < -0.4 is 15.4 Å². The molecule has 2 fully saturated rings. The van der Waals surface area contributed by atoms with Crippen LogP contribution in [0.1, 0.15) is 42.9 Å². The summed E-state index contributed by atoms with van der Waals surface area (Å²) < 4.78 is 52.8. The van der Waals surface area contributed by atoms with E-state index in [9.17, 15) is 36.8 Å². The maximum absolute atomic E-state index is 14.0. The smallest absolute Gasteiger partial charge is 0.421 e. The van der Waals surface area contributed by atoms with E-state index in [0.29, 0.717) is 41.6 Å². The van der Waals surface area contributed by atoms with E-state index in [-0.39, 0.29) is 32.7 Å². The van der Waals surface area contributed by atoms with Crippen molar-refractivity contribution >= 4 is 45.9 Å². The van der Waals surface area contributed by atoms with Gasteiger partial charge in [0.25, 0.3) is 5.91 Å². The first-order valence-electron chi connectivity index (χ1n) is 15.0. The molecule has 252 valence electrons. The lowest BCUT2D eigenvalue weighted by Gasteiger charge is -2.39. The number of piperidine rings is 1. The standard InChI is InChI=1S/C30H35FN6O9S/c1-3-45-28(41)34-47(43,44)35-14-4-5-23(17-35)36(16-19-6-8-21(31)9-7-19)25(38)18-37-26(39)30(46-29(37)42)13-12-20-15-22(10-11-24(20)30)33-27(40)32-2/h6-11,15,23H,3-5,12-14,16-18H2,1-2H3,(H,34,41)(H2,32,33,40)/t23-,30+/m0/s1. The Hall–Kier alpha value is -4.77. The minimum absolute atomic E-state index is 0.0373. The van der Waals surface area contributed by atoms with Crippen LogP contribution >= 0.6 is 0 Å². The van der Waals surface area contributed by atoms with E-state index < -0.39 is 64.2 Å². The normalized spacial score (nSPS) is 20.8. The van der Waals surface area contributed by atoms with Crippen LogP contribution in [0.5, 0.6) is 0 Å². The van der Waals surface area contributed by atoms with E-state index in [4.69, 9.17) is 9.47 Å². The Morgan fingerprint density at radius 1 is 1.15 bits per heavy atom. The fourth-order valence-corrected chi connectivity index (χ4v) is 7.22. The second-order valence-corrected chi connectivity index (χ2v) is 13.0. The molecule has 17 heteroatoms. The van der Waals surface area contributed by atoms with E-state index in [1.165, 1.54) is 43.1 Å². The second kappa shape index (κ2) is 13.5. The number of nitrogens with one attached hydrogen (secondary N) is 3. The highest BCUT2D eigenvalue weighted by Crippen LogP contribution is 2.46. The van der Waals surface area contributed by atoms with Crippen LogP contribution in [0.15, 0.2) is 42.5 Å². The first-order chi connectivity index (χ1) is 22.4. The highest BCUT2D eigenvalue weighted by molar-refractivity contribution is 7.87. The third-order valence-electron chi connectivity index (χ3n) is 8.35. The molecule has 0 radical (unpaired) electrons. The Labute approximate surface area is 270 Å². The molecule has 6 amide bonds. The predicted molar refractivity (Wildman–Crippen MR) is 163 cm³/mol. The number of carbonyl (C=O) groups excluding carboxylic acids is 5. The third-order valence-corrected chi connectivity index (χ3v) is 9.79. The summed E-state index contributed by atoms with van der Waals surface area (Å²) in [5, 5.41) is 5.11. The zero-order valence-electron chi connectivity index (χ0n) is 25.8. The van der Waals surface area contributed by atoms with Gasteiger partial charge in [-0.05, 0) is 61.6 Å². The molecule has 2 aliphatic heterocycles. The van der Waals surface area contributed by atoms with Crippen LogP contribution in [-0.4, -0.2) is 91.9 Å². The number of halogens is 1. The Kier molecular flexibility index (Phi) is 9.67. The molecule has 2 heterocycles. The molecule has 2 atom stereocenters. The van der Waals surface area contributed by atoms with Gasteiger partial charge in [0.2, 0.25) is 11.5 Å². The molecule has 5 rings (SSSR count). The van der Waals surface area contributed by atoms with Crippen molar-refractivity contribution in [2.24, 2.45) is 0 Å². The molecule has 0 aromatic heterocycles. The van der Waals surface area contributed by atoms with Crippen molar-refractivity contribution in [2.75, 3.05) is 38.6 Å². The van der Waals surface area contributed by atoms with Gasteiger partial charge in [-0.3, -0.25) is 9.59 Å². The van der Waals surface area contributed by atoms with Crippen LogP contribution in [0.2, 0.25) is 0 Å². The number of nitrogens with zero attached hydrogens (tertiary/aromatic N) is 3. The summed E-state index contributed by atoms with van der Waals surface area (Å²) >= 11 is 0. The van der Waals surface area contributed by atoms with Crippen LogP contribution in [0.4, 0.5) is 24.5 Å². The topological polar surface area (TPSA) is 184 Å². The van der Waals surface area contributed by atoms with Gasteiger partial charge in [-0.1, -0.05) is 18.2 Å². The first-order valence-corrected chi connectivity index (χ1v) is 16.5. The summed E-state index contributed by atoms with van der Waals surface area (Å²) in [5.41, 5.74) is 0.544. The van der Waals surface area contributed by atoms with E-state index in [1.54, 1.807) is 18.2 Å². The first kappa shape index (κ1) is 33.6. The van der Waals surface area contributed by atoms with Crippen LogP contribution in [-0.2, 0) is 47.8 Å². The van der Waals surface area contributed by atoms with E-state index in [1.807, 2.05) is 4.72 Å². The Bertz CT molecular complexity index is 1690. The molecule has 47 heavy (non-hydrogen) atoms. The number of rotatable bonds is 9. The fraction of sp³-hybridized carbons (Fsp3) is 0.433. The molecule has 3 N–H and O–H groups in total.